The van der Waals surface area contributed by atoms with Crippen molar-refractivity contribution >= 4 is 11.8 Å². The first-order valence-electron chi connectivity index (χ1n) is 12.3. The minimum absolute atomic E-state index is 0.00981. The van der Waals surface area contributed by atoms with Gasteiger partial charge in [0.05, 0.1) is 5.92 Å². The summed E-state index contributed by atoms with van der Waals surface area (Å²) in [6.07, 6.45) is 0. The monoisotopic (exact) mass is 516 g/mol. The van der Waals surface area contributed by atoms with Crippen molar-refractivity contribution in [3.63, 3.8) is 0 Å². The fraction of sp³-hybridized carbons (Fsp3) is 0.321. The molecule has 196 valence electrons. The van der Waals surface area contributed by atoms with Crippen LogP contribution in [0.2, 0.25) is 0 Å². The van der Waals surface area contributed by atoms with Crippen molar-refractivity contribution in [2.45, 2.75) is 32.9 Å². The SMILES string of the molecule is CC(C)(C)OC(=O)C1CN(Cc2ccc(-c3noc(-c4onc(-c5ccccc5)c4C(=O)CO)n3)cc2)C1. The second kappa shape index (κ2) is 10.3. The Labute approximate surface area is 219 Å². The summed E-state index contributed by atoms with van der Waals surface area (Å²) < 4.78 is 16.3. The van der Waals surface area contributed by atoms with Crippen molar-refractivity contribution in [3.05, 3.63) is 65.7 Å². The molecule has 0 saturated carbocycles. The number of nitrogens with zero attached hydrogens (tertiary/aromatic N) is 4. The molecular formula is C28H28N4O6. The van der Waals surface area contributed by atoms with Crippen molar-refractivity contribution in [2.24, 2.45) is 5.92 Å². The summed E-state index contributed by atoms with van der Waals surface area (Å²) in [4.78, 5) is 31.3. The molecule has 4 aromatic rings. The number of ketones is 1. The number of aliphatic hydroxyl groups is 1. The smallest absolute Gasteiger partial charge is 0.312 e. The number of esters is 1. The molecule has 0 atom stereocenters. The summed E-state index contributed by atoms with van der Waals surface area (Å²) in [5, 5.41) is 17.6. The van der Waals surface area contributed by atoms with Crippen molar-refractivity contribution in [2.75, 3.05) is 19.7 Å². The van der Waals surface area contributed by atoms with Gasteiger partial charge in [-0.3, -0.25) is 14.5 Å². The molecule has 38 heavy (non-hydrogen) atoms. The van der Waals surface area contributed by atoms with Crippen LogP contribution in [0.1, 0.15) is 36.7 Å². The molecule has 1 saturated heterocycles. The van der Waals surface area contributed by atoms with E-state index in [1.807, 2.05) is 63.2 Å². The van der Waals surface area contributed by atoms with Crippen LogP contribution < -0.4 is 0 Å². The lowest BCUT2D eigenvalue weighted by Crippen LogP contribution is -2.51. The van der Waals surface area contributed by atoms with Gasteiger partial charge in [0.15, 0.2) is 5.78 Å². The molecule has 0 unspecified atom stereocenters. The van der Waals surface area contributed by atoms with Gasteiger partial charge in [0.1, 0.15) is 23.5 Å². The quantitative estimate of drug-likeness (QED) is 0.271. The standard InChI is InChI=1S/C28H28N4O6/c1-28(2,3)36-27(35)20-14-32(15-20)13-17-9-11-19(12-10-17)25-29-26(38-31-25)24-22(21(34)16-33)23(30-37-24)18-7-5-4-6-8-18/h4-12,20,33H,13-16H2,1-3H3. The van der Waals surface area contributed by atoms with Crippen molar-refractivity contribution < 1.29 is 28.5 Å². The number of aromatic nitrogens is 3. The Balaban J connectivity index is 1.27. The largest absolute Gasteiger partial charge is 0.460 e. The van der Waals surface area contributed by atoms with Crippen LogP contribution >= 0.6 is 0 Å². The van der Waals surface area contributed by atoms with Gasteiger partial charge in [0.25, 0.3) is 5.89 Å². The van der Waals surface area contributed by atoms with E-state index in [1.165, 1.54) is 0 Å². The van der Waals surface area contributed by atoms with Gasteiger partial charge >= 0.3 is 5.97 Å². The molecule has 0 bridgehead atoms. The number of carbonyl (C=O) groups is 2. The molecule has 5 rings (SSSR count). The number of likely N-dealkylation sites (tertiary alicyclic amines) is 1. The average molecular weight is 517 g/mol. The molecule has 0 spiro atoms. The third kappa shape index (κ3) is 5.41. The van der Waals surface area contributed by atoms with E-state index in [0.717, 1.165) is 11.1 Å². The fourth-order valence-corrected chi connectivity index (χ4v) is 4.25. The highest BCUT2D eigenvalue weighted by atomic mass is 16.6. The summed E-state index contributed by atoms with van der Waals surface area (Å²) in [7, 11) is 0. The fourth-order valence-electron chi connectivity index (χ4n) is 4.25. The van der Waals surface area contributed by atoms with E-state index in [-0.39, 0.29) is 29.1 Å². The number of Topliss-reactive ketones (excluding diaryl/α,β-unsaturated/α-hetero) is 1. The topological polar surface area (TPSA) is 132 Å². The van der Waals surface area contributed by atoms with Crippen LogP contribution in [0.25, 0.3) is 34.3 Å². The summed E-state index contributed by atoms with van der Waals surface area (Å²) in [6, 6.07) is 16.7. The van der Waals surface area contributed by atoms with Crippen LogP contribution in [0, 0.1) is 5.92 Å². The predicted molar refractivity (Wildman–Crippen MR) is 137 cm³/mol. The van der Waals surface area contributed by atoms with Crippen molar-refractivity contribution in [1.29, 1.82) is 0 Å². The van der Waals surface area contributed by atoms with Crippen LogP contribution in [0.3, 0.4) is 0 Å². The Morgan fingerprint density at radius 3 is 2.37 bits per heavy atom. The zero-order valence-corrected chi connectivity index (χ0v) is 21.4. The zero-order chi connectivity index (χ0) is 26.9. The first kappa shape index (κ1) is 25.5. The minimum Gasteiger partial charge on any atom is -0.460 e. The minimum atomic E-state index is -0.716. The number of benzene rings is 2. The van der Waals surface area contributed by atoms with Gasteiger partial charge in [0, 0.05) is 30.8 Å². The lowest BCUT2D eigenvalue weighted by Gasteiger charge is -2.38. The lowest BCUT2D eigenvalue weighted by atomic mass is 9.98. The van der Waals surface area contributed by atoms with E-state index in [9.17, 15) is 14.7 Å². The zero-order valence-electron chi connectivity index (χ0n) is 21.4. The van der Waals surface area contributed by atoms with Gasteiger partial charge in [-0.2, -0.15) is 4.98 Å². The van der Waals surface area contributed by atoms with Crippen LogP contribution in [0.15, 0.2) is 63.6 Å². The highest BCUT2D eigenvalue weighted by molar-refractivity contribution is 6.06. The molecule has 10 nitrogen and oxygen atoms in total. The predicted octanol–water partition coefficient (Wildman–Crippen LogP) is 4.01. The first-order valence-corrected chi connectivity index (χ1v) is 12.3. The maximum Gasteiger partial charge on any atom is 0.312 e. The number of rotatable bonds is 8. The molecule has 2 aromatic carbocycles. The molecular weight excluding hydrogens is 488 g/mol. The molecule has 2 aromatic heterocycles. The summed E-state index contributed by atoms with van der Waals surface area (Å²) in [6.45, 7) is 6.95. The van der Waals surface area contributed by atoms with Gasteiger partial charge in [-0.25, -0.2) is 0 Å². The average Bonchev–Trinajstić information content (AvgIpc) is 3.53. The maximum atomic E-state index is 12.5. The second-order valence-corrected chi connectivity index (χ2v) is 10.2. The third-order valence-corrected chi connectivity index (χ3v) is 6.10. The van der Waals surface area contributed by atoms with Gasteiger partial charge in [-0.15, -0.1) is 0 Å². The molecule has 1 aliphatic heterocycles. The van der Waals surface area contributed by atoms with E-state index >= 15 is 0 Å². The Hall–Kier alpha value is -4.15. The second-order valence-electron chi connectivity index (χ2n) is 10.2. The van der Waals surface area contributed by atoms with Crippen molar-refractivity contribution in [1.82, 2.24) is 20.2 Å². The molecule has 0 aliphatic carbocycles. The van der Waals surface area contributed by atoms with E-state index in [0.29, 0.717) is 36.7 Å². The van der Waals surface area contributed by atoms with Crippen LogP contribution in [-0.2, 0) is 16.1 Å². The summed E-state index contributed by atoms with van der Waals surface area (Å²) in [5.74, 6) is -0.486. The van der Waals surface area contributed by atoms with Crippen molar-refractivity contribution in [3.8, 4) is 34.3 Å². The van der Waals surface area contributed by atoms with Gasteiger partial charge in [-0.1, -0.05) is 64.9 Å². The number of aliphatic hydroxyl groups excluding tert-OH is 1. The first-order chi connectivity index (χ1) is 18.2. The molecule has 1 N–H and O–H groups in total. The number of ether oxygens (including phenoxy) is 1. The van der Waals surface area contributed by atoms with Crippen LogP contribution in [0.4, 0.5) is 0 Å². The summed E-state index contributed by atoms with van der Waals surface area (Å²) in [5.41, 5.74) is 2.37. The molecule has 1 aliphatic rings. The normalized spacial score (nSPS) is 14.3. The van der Waals surface area contributed by atoms with Gasteiger partial charge in [-0.05, 0) is 26.3 Å². The molecule has 1 fully saturated rings. The molecule has 10 heteroatoms. The van der Waals surface area contributed by atoms with Crippen LogP contribution in [-0.4, -0.2) is 62.4 Å². The molecule has 0 amide bonds. The molecule has 0 radical (unpaired) electrons. The van der Waals surface area contributed by atoms with E-state index in [1.54, 1.807) is 12.1 Å². The Morgan fingerprint density at radius 1 is 1.00 bits per heavy atom. The lowest BCUT2D eigenvalue weighted by molar-refractivity contribution is -0.166. The highest BCUT2D eigenvalue weighted by Gasteiger charge is 2.35. The number of carbonyl (C=O) groups excluding carboxylic acids is 2. The summed E-state index contributed by atoms with van der Waals surface area (Å²) >= 11 is 0. The van der Waals surface area contributed by atoms with E-state index in [2.05, 4.69) is 20.2 Å². The highest BCUT2D eigenvalue weighted by Crippen LogP contribution is 2.33. The van der Waals surface area contributed by atoms with E-state index in [4.69, 9.17) is 13.8 Å². The third-order valence-electron chi connectivity index (χ3n) is 6.10. The van der Waals surface area contributed by atoms with Crippen LogP contribution in [0.5, 0.6) is 0 Å². The Bertz CT molecular complexity index is 1430. The number of hydrogen-bond donors (Lipinski definition) is 1. The maximum absolute atomic E-state index is 12.5. The van der Waals surface area contributed by atoms with E-state index < -0.39 is 18.0 Å². The molecule has 3 heterocycles. The Morgan fingerprint density at radius 2 is 1.71 bits per heavy atom. The van der Waals surface area contributed by atoms with Gasteiger partial charge in [0.2, 0.25) is 11.6 Å². The number of hydrogen-bond acceptors (Lipinski definition) is 10. The van der Waals surface area contributed by atoms with Gasteiger partial charge < -0.3 is 18.9 Å². The Kier molecular flexibility index (Phi) is 6.92.